The van der Waals surface area contributed by atoms with Gasteiger partial charge in [-0.05, 0) is 6.42 Å². The van der Waals surface area contributed by atoms with E-state index in [9.17, 15) is 26.4 Å². The minimum atomic E-state index is -4.41. The van der Waals surface area contributed by atoms with Crippen molar-refractivity contribution in [1.29, 1.82) is 0 Å². The Morgan fingerprint density at radius 1 is 1.44 bits per heavy atom. The van der Waals surface area contributed by atoms with Crippen molar-refractivity contribution < 1.29 is 36.2 Å². The number of halogens is 3. The van der Waals surface area contributed by atoms with Gasteiger partial charge in [-0.15, -0.1) is 0 Å². The quantitative estimate of drug-likeness (QED) is 0.673. The van der Waals surface area contributed by atoms with Crippen LogP contribution >= 0.6 is 0 Å². The van der Waals surface area contributed by atoms with Crippen molar-refractivity contribution in [1.82, 2.24) is 4.72 Å². The molecule has 0 rings (SSSR count). The second kappa shape index (κ2) is 6.90. The number of carbonyl (C=O) groups is 1. The average Bonchev–Trinajstić information content (AvgIpc) is 2.15. The molecule has 0 radical (unpaired) electrons. The lowest BCUT2D eigenvalue weighted by molar-refractivity contribution is -0.147. The van der Waals surface area contributed by atoms with Gasteiger partial charge < -0.3 is 9.84 Å². The van der Waals surface area contributed by atoms with Gasteiger partial charge in [-0.2, -0.15) is 13.2 Å². The molecule has 18 heavy (non-hydrogen) atoms. The normalized spacial score (nSPS) is 14.4. The number of hydrogen-bond donors (Lipinski definition) is 2. The number of methoxy groups -OCH3 is 1. The highest BCUT2D eigenvalue weighted by Gasteiger charge is 2.27. The number of aliphatic carboxylic acids is 1. The van der Waals surface area contributed by atoms with Crippen molar-refractivity contribution >= 4 is 16.0 Å². The number of carboxylic acids is 1. The molecule has 0 aromatic heterocycles. The summed E-state index contributed by atoms with van der Waals surface area (Å²) in [5.41, 5.74) is 0. The lowest BCUT2D eigenvalue weighted by Crippen LogP contribution is -2.38. The topological polar surface area (TPSA) is 92.7 Å². The maximum absolute atomic E-state index is 11.8. The van der Waals surface area contributed by atoms with E-state index in [1.54, 1.807) is 0 Å². The van der Waals surface area contributed by atoms with Gasteiger partial charge >= 0.3 is 12.1 Å². The van der Waals surface area contributed by atoms with Crippen LogP contribution in [0.1, 0.15) is 12.8 Å². The summed E-state index contributed by atoms with van der Waals surface area (Å²) >= 11 is 0. The molecular weight excluding hydrogens is 279 g/mol. The van der Waals surface area contributed by atoms with Gasteiger partial charge in [0.05, 0.1) is 5.75 Å². The van der Waals surface area contributed by atoms with Crippen molar-refractivity contribution in [3.8, 4) is 0 Å². The van der Waals surface area contributed by atoms with E-state index >= 15 is 0 Å². The first-order valence-electron chi connectivity index (χ1n) is 4.87. The van der Waals surface area contributed by atoms with Crippen LogP contribution in [-0.4, -0.2) is 51.2 Å². The molecule has 108 valence electrons. The van der Waals surface area contributed by atoms with E-state index in [0.29, 0.717) is 0 Å². The van der Waals surface area contributed by atoms with Gasteiger partial charge in [-0.1, -0.05) is 0 Å². The monoisotopic (exact) mass is 293 g/mol. The Labute approximate surface area is 102 Å². The zero-order valence-electron chi connectivity index (χ0n) is 9.53. The van der Waals surface area contributed by atoms with Gasteiger partial charge in [0.25, 0.3) is 0 Å². The standard InChI is InChI=1S/C8H14F3NO5S/c1-17-6(7(13)14)5-12-18(15,16)4-2-3-8(9,10)11/h6,12H,2-5H2,1H3,(H,13,14). The van der Waals surface area contributed by atoms with Crippen LogP contribution in [0.5, 0.6) is 0 Å². The zero-order chi connectivity index (χ0) is 14.4. The number of rotatable bonds is 8. The average molecular weight is 293 g/mol. The summed E-state index contributed by atoms with van der Waals surface area (Å²) in [6.07, 6.45) is -7.57. The van der Waals surface area contributed by atoms with Gasteiger partial charge in [0.15, 0.2) is 6.10 Å². The van der Waals surface area contributed by atoms with E-state index in [0.717, 1.165) is 7.11 Å². The van der Waals surface area contributed by atoms with Crippen LogP contribution in [0.2, 0.25) is 0 Å². The summed E-state index contributed by atoms with van der Waals surface area (Å²) in [4.78, 5) is 10.5. The molecule has 1 unspecified atom stereocenters. The van der Waals surface area contributed by atoms with Gasteiger partial charge in [0.2, 0.25) is 10.0 Å². The summed E-state index contributed by atoms with van der Waals surface area (Å²) < 4.78 is 64.2. The Kier molecular flexibility index (Phi) is 6.57. The summed E-state index contributed by atoms with van der Waals surface area (Å²) in [6.45, 7) is -0.528. The molecule has 0 heterocycles. The molecule has 0 aliphatic carbocycles. The molecular formula is C8H14F3NO5S. The highest BCUT2D eigenvalue weighted by molar-refractivity contribution is 7.89. The predicted molar refractivity (Wildman–Crippen MR) is 55.5 cm³/mol. The second-order valence-corrected chi connectivity index (χ2v) is 5.38. The summed E-state index contributed by atoms with van der Waals surface area (Å²) in [5.74, 6) is -2.08. The maximum atomic E-state index is 11.8. The number of sulfonamides is 1. The number of nitrogens with one attached hydrogen (secondary N) is 1. The first kappa shape index (κ1) is 17.1. The molecule has 0 fully saturated rings. The lowest BCUT2D eigenvalue weighted by Gasteiger charge is -2.12. The molecule has 0 spiro atoms. The van der Waals surface area contributed by atoms with E-state index in [1.165, 1.54) is 0 Å². The molecule has 2 N–H and O–H groups in total. The Hall–Kier alpha value is -0.870. The predicted octanol–water partition coefficient (Wildman–Crippen LogP) is 0.348. The van der Waals surface area contributed by atoms with Crippen LogP contribution in [-0.2, 0) is 19.6 Å². The largest absolute Gasteiger partial charge is 0.479 e. The van der Waals surface area contributed by atoms with Gasteiger partial charge in [0.1, 0.15) is 0 Å². The Morgan fingerprint density at radius 2 is 2.00 bits per heavy atom. The fraction of sp³-hybridized carbons (Fsp3) is 0.875. The van der Waals surface area contributed by atoms with Crippen LogP contribution in [0.25, 0.3) is 0 Å². The molecule has 0 saturated carbocycles. The molecule has 0 aromatic rings. The van der Waals surface area contributed by atoms with Crippen LogP contribution in [0.3, 0.4) is 0 Å². The lowest BCUT2D eigenvalue weighted by atomic mass is 10.3. The molecule has 0 bridgehead atoms. The molecule has 0 aromatic carbocycles. The van der Waals surface area contributed by atoms with E-state index in [1.807, 2.05) is 4.72 Å². The van der Waals surface area contributed by atoms with Gasteiger partial charge in [-0.25, -0.2) is 17.9 Å². The SMILES string of the molecule is COC(CNS(=O)(=O)CCCC(F)(F)F)C(=O)O. The molecule has 0 saturated heterocycles. The van der Waals surface area contributed by atoms with Crippen LogP contribution < -0.4 is 4.72 Å². The minimum absolute atomic E-state index is 0.528. The Bertz CT molecular complexity index is 367. The van der Waals surface area contributed by atoms with E-state index in [-0.39, 0.29) is 0 Å². The van der Waals surface area contributed by atoms with E-state index in [4.69, 9.17) is 5.11 Å². The first-order chi connectivity index (χ1) is 8.07. The Morgan fingerprint density at radius 3 is 2.39 bits per heavy atom. The van der Waals surface area contributed by atoms with Crippen molar-refractivity contribution in [3.05, 3.63) is 0 Å². The third-order valence-electron chi connectivity index (χ3n) is 1.92. The number of carboxylic acid groups (broad SMARTS) is 1. The number of alkyl halides is 3. The van der Waals surface area contributed by atoms with Crippen molar-refractivity contribution in [2.24, 2.45) is 0 Å². The third-order valence-corrected chi connectivity index (χ3v) is 3.35. The van der Waals surface area contributed by atoms with Crippen LogP contribution in [0.4, 0.5) is 13.2 Å². The van der Waals surface area contributed by atoms with Crippen molar-refractivity contribution in [2.45, 2.75) is 25.1 Å². The highest BCUT2D eigenvalue weighted by Crippen LogP contribution is 2.21. The van der Waals surface area contributed by atoms with E-state index < -0.39 is 53.4 Å². The molecule has 1 atom stereocenters. The van der Waals surface area contributed by atoms with Crippen molar-refractivity contribution in [2.75, 3.05) is 19.4 Å². The fourth-order valence-corrected chi connectivity index (χ4v) is 2.08. The van der Waals surface area contributed by atoms with Crippen molar-refractivity contribution in [3.63, 3.8) is 0 Å². The van der Waals surface area contributed by atoms with Crippen LogP contribution in [0, 0.1) is 0 Å². The molecule has 10 heteroatoms. The first-order valence-corrected chi connectivity index (χ1v) is 6.52. The minimum Gasteiger partial charge on any atom is -0.479 e. The number of hydrogen-bond acceptors (Lipinski definition) is 4. The molecule has 0 aliphatic heterocycles. The van der Waals surface area contributed by atoms with Gasteiger partial charge in [0, 0.05) is 20.1 Å². The maximum Gasteiger partial charge on any atom is 0.389 e. The zero-order valence-corrected chi connectivity index (χ0v) is 10.3. The summed E-state index contributed by atoms with van der Waals surface area (Å²) in [7, 11) is -2.86. The summed E-state index contributed by atoms with van der Waals surface area (Å²) in [6, 6.07) is 0. The number of ether oxygens (including phenoxy) is 1. The smallest absolute Gasteiger partial charge is 0.389 e. The van der Waals surface area contributed by atoms with Gasteiger partial charge in [-0.3, -0.25) is 0 Å². The Balaban J connectivity index is 4.12. The fourth-order valence-electron chi connectivity index (χ4n) is 1.01. The highest BCUT2D eigenvalue weighted by atomic mass is 32.2. The summed E-state index contributed by atoms with van der Waals surface area (Å²) in [5, 5.41) is 8.54. The van der Waals surface area contributed by atoms with Crippen LogP contribution in [0.15, 0.2) is 0 Å². The molecule has 0 amide bonds. The molecule has 6 nitrogen and oxygen atoms in total. The second-order valence-electron chi connectivity index (χ2n) is 3.45. The van der Waals surface area contributed by atoms with E-state index in [2.05, 4.69) is 4.74 Å². The third kappa shape index (κ3) is 8.25. The molecule has 0 aliphatic rings.